The smallest absolute Gasteiger partial charge is 0.257 e. The van der Waals surface area contributed by atoms with Crippen LogP contribution in [0.4, 0.5) is 17.6 Å². The van der Waals surface area contributed by atoms with E-state index in [0.717, 1.165) is 47.9 Å². The number of hydrogen-bond donors (Lipinski definition) is 2. The minimum Gasteiger partial charge on any atom is -0.269 e. The van der Waals surface area contributed by atoms with E-state index in [1.165, 1.54) is 89.1 Å². The van der Waals surface area contributed by atoms with Crippen molar-refractivity contribution in [3.63, 3.8) is 0 Å². The topological polar surface area (TPSA) is 144 Å². The molecule has 0 atom stereocenters. The number of benzene rings is 4. The number of halogens is 4. The van der Waals surface area contributed by atoms with Crippen LogP contribution in [0.2, 0.25) is 0 Å². The SMILES string of the molecule is O=C(/C=C/c1ccc(F)cc1)NS(=O)(=O)/C=C/c1ccc(F)cc1.O=S(=O)(/C=C\c1ccc(F)cc1)NS(=O)(=O)/C=C/c1ccc(F)cc1. The van der Waals surface area contributed by atoms with Crippen LogP contribution in [0.15, 0.2) is 119 Å². The third-order valence-electron chi connectivity index (χ3n) is 5.70. The summed E-state index contributed by atoms with van der Waals surface area (Å²) in [5.74, 6) is -2.65. The highest BCUT2D eigenvalue weighted by Gasteiger charge is 2.15. The van der Waals surface area contributed by atoms with E-state index in [1.807, 2.05) is 4.72 Å². The van der Waals surface area contributed by atoms with Crippen molar-refractivity contribution in [2.24, 2.45) is 0 Å². The Morgan fingerprint density at radius 3 is 1.00 bits per heavy atom. The van der Waals surface area contributed by atoms with Gasteiger partial charge in [0.2, 0.25) is 20.0 Å². The summed E-state index contributed by atoms with van der Waals surface area (Å²) in [4.78, 5) is 11.6. The largest absolute Gasteiger partial charge is 0.269 e. The second-order valence-corrected chi connectivity index (χ2v) is 14.6. The Balaban J connectivity index is 0.000000266. The average Bonchev–Trinajstić information content (AvgIpc) is 3.03. The molecule has 0 heterocycles. The number of carbonyl (C=O) groups excluding carboxylic acids is 1. The zero-order valence-corrected chi connectivity index (χ0v) is 27.4. The van der Waals surface area contributed by atoms with Gasteiger partial charge < -0.3 is 0 Å². The Morgan fingerprint density at radius 2 is 0.694 bits per heavy atom. The van der Waals surface area contributed by atoms with Crippen molar-refractivity contribution in [3.8, 4) is 0 Å². The molecule has 0 fully saturated rings. The molecule has 256 valence electrons. The fraction of sp³-hybridized carbons (Fsp3) is 0. The van der Waals surface area contributed by atoms with Gasteiger partial charge in [-0.3, -0.25) is 4.79 Å². The van der Waals surface area contributed by atoms with E-state index in [-0.39, 0.29) is 0 Å². The maximum absolute atomic E-state index is 12.8. The highest BCUT2D eigenvalue weighted by molar-refractivity contribution is 8.07. The van der Waals surface area contributed by atoms with Crippen LogP contribution < -0.4 is 8.85 Å². The first-order valence-electron chi connectivity index (χ1n) is 13.6. The van der Waals surface area contributed by atoms with Gasteiger partial charge in [-0.1, -0.05) is 48.5 Å². The maximum atomic E-state index is 12.8. The molecule has 0 aliphatic heterocycles. The summed E-state index contributed by atoms with van der Waals surface area (Å²) in [6, 6.07) is 20.4. The summed E-state index contributed by atoms with van der Waals surface area (Å²) in [7, 11) is -12.5. The first kappa shape index (κ1) is 38.3. The van der Waals surface area contributed by atoms with E-state index >= 15 is 0 Å². The van der Waals surface area contributed by atoms with Gasteiger partial charge in [-0.15, -0.1) is 4.13 Å². The monoisotopic (exact) mass is 734 g/mol. The lowest BCUT2D eigenvalue weighted by atomic mass is 10.2. The summed E-state index contributed by atoms with van der Waals surface area (Å²) in [5, 5.41) is 2.12. The number of amides is 1. The molecule has 4 rings (SSSR count). The average molecular weight is 735 g/mol. The summed E-state index contributed by atoms with van der Waals surface area (Å²) in [6.45, 7) is 0. The van der Waals surface area contributed by atoms with Gasteiger partial charge in [-0.05, 0) is 95.1 Å². The van der Waals surface area contributed by atoms with Crippen LogP contribution in [0.5, 0.6) is 0 Å². The molecule has 2 N–H and O–H groups in total. The van der Waals surface area contributed by atoms with Gasteiger partial charge in [-0.2, -0.15) is 0 Å². The minimum atomic E-state index is -4.28. The van der Waals surface area contributed by atoms with Gasteiger partial charge in [0.1, 0.15) is 23.3 Å². The third kappa shape index (κ3) is 15.1. The van der Waals surface area contributed by atoms with Crippen molar-refractivity contribution in [1.82, 2.24) is 8.85 Å². The van der Waals surface area contributed by atoms with Crippen molar-refractivity contribution in [2.45, 2.75) is 0 Å². The van der Waals surface area contributed by atoms with E-state index in [2.05, 4.69) is 0 Å². The van der Waals surface area contributed by atoms with Crippen LogP contribution in [0.3, 0.4) is 0 Å². The molecule has 4 aromatic rings. The van der Waals surface area contributed by atoms with Crippen LogP contribution in [0, 0.1) is 23.3 Å². The minimum absolute atomic E-state index is 0.381. The molecule has 0 aromatic heterocycles. The van der Waals surface area contributed by atoms with Gasteiger partial charge in [0, 0.05) is 16.9 Å². The molecule has 0 aliphatic rings. The molecule has 1 amide bonds. The number of rotatable bonds is 11. The van der Waals surface area contributed by atoms with Gasteiger partial charge in [0.05, 0.1) is 5.41 Å². The predicted molar refractivity (Wildman–Crippen MR) is 180 cm³/mol. The molecule has 9 nitrogen and oxygen atoms in total. The lowest BCUT2D eigenvalue weighted by Crippen LogP contribution is -2.26. The highest BCUT2D eigenvalue weighted by Crippen LogP contribution is 2.10. The highest BCUT2D eigenvalue weighted by atomic mass is 32.3. The van der Waals surface area contributed by atoms with E-state index < -0.39 is 59.2 Å². The lowest BCUT2D eigenvalue weighted by Gasteiger charge is -2.01. The Kier molecular flexibility index (Phi) is 13.5. The molecule has 0 aliphatic carbocycles. The van der Waals surface area contributed by atoms with Crippen molar-refractivity contribution >= 4 is 60.3 Å². The third-order valence-corrected chi connectivity index (χ3v) is 9.53. The first-order chi connectivity index (χ1) is 23.0. The Morgan fingerprint density at radius 1 is 0.429 bits per heavy atom. The molecule has 0 saturated heterocycles. The second kappa shape index (κ2) is 17.3. The molecule has 0 bridgehead atoms. The maximum Gasteiger partial charge on any atom is 0.257 e. The molecule has 16 heteroatoms. The molecule has 0 spiro atoms. The van der Waals surface area contributed by atoms with E-state index in [4.69, 9.17) is 0 Å². The molecular formula is C33H26F4N2O7S3. The number of sulfonamides is 3. The van der Waals surface area contributed by atoms with E-state index in [1.54, 1.807) is 0 Å². The van der Waals surface area contributed by atoms with E-state index in [0.29, 0.717) is 33.1 Å². The number of nitrogens with one attached hydrogen (secondary N) is 2. The summed E-state index contributed by atoms with van der Waals surface area (Å²) in [5.41, 5.74) is 1.78. The van der Waals surface area contributed by atoms with Crippen molar-refractivity contribution in [2.75, 3.05) is 0 Å². The predicted octanol–water partition coefficient (Wildman–Crippen LogP) is 5.95. The summed E-state index contributed by atoms with van der Waals surface area (Å²) >= 11 is 0. The van der Waals surface area contributed by atoms with Crippen molar-refractivity contribution in [1.29, 1.82) is 0 Å². The van der Waals surface area contributed by atoms with Crippen LogP contribution in [0.1, 0.15) is 22.3 Å². The zero-order valence-electron chi connectivity index (χ0n) is 25.0. The Bertz CT molecular complexity index is 2100. The molecular weight excluding hydrogens is 709 g/mol. The quantitative estimate of drug-likeness (QED) is 0.143. The van der Waals surface area contributed by atoms with Crippen LogP contribution >= 0.6 is 0 Å². The molecule has 0 radical (unpaired) electrons. The zero-order chi connectivity index (χ0) is 36.1. The standard InChI is InChI=1S/C17H13F2NO3S.C16H13F2NO4S2/c18-15-6-1-13(2-7-15)5-10-17(21)20-24(22,23)12-11-14-3-8-16(19)9-4-14;17-15-5-1-13(2-6-15)9-11-24(20,21)19-25(22,23)12-10-14-3-7-16(18)8-4-14/h1-12H,(H,20,21);1-12,19H/b10-5+,12-11+;11-9-,12-10+. The van der Waals surface area contributed by atoms with Crippen LogP contribution in [-0.4, -0.2) is 31.2 Å². The van der Waals surface area contributed by atoms with Gasteiger partial charge in [-0.25, -0.2) is 47.5 Å². The molecule has 4 aromatic carbocycles. The van der Waals surface area contributed by atoms with Gasteiger partial charge >= 0.3 is 0 Å². The fourth-order valence-corrected chi connectivity index (χ4v) is 6.56. The first-order valence-corrected chi connectivity index (χ1v) is 18.2. The van der Waals surface area contributed by atoms with Crippen molar-refractivity contribution in [3.05, 3.63) is 165 Å². The van der Waals surface area contributed by atoms with Gasteiger partial charge in [0.25, 0.3) is 15.9 Å². The second-order valence-electron chi connectivity index (χ2n) is 9.63. The normalized spacial score (nSPS) is 12.4. The fourth-order valence-electron chi connectivity index (χ4n) is 3.40. The Hall–Kier alpha value is -5.16. The van der Waals surface area contributed by atoms with Crippen LogP contribution in [0.25, 0.3) is 24.3 Å². The van der Waals surface area contributed by atoms with Crippen molar-refractivity contribution < 1.29 is 47.6 Å². The molecule has 0 saturated carbocycles. The van der Waals surface area contributed by atoms with E-state index in [9.17, 15) is 47.6 Å². The molecule has 0 unspecified atom stereocenters. The summed E-state index contributed by atoms with van der Waals surface area (Å²) in [6.07, 6.45) is 5.87. The van der Waals surface area contributed by atoms with Crippen LogP contribution in [-0.2, 0) is 34.9 Å². The number of carbonyl (C=O) groups is 1. The Labute approximate surface area is 280 Å². The number of hydrogen-bond acceptors (Lipinski definition) is 7. The van der Waals surface area contributed by atoms with Gasteiger partial charge in [0.15, 0.2) is 0 Å². The molecule has 49 heavy (non-hydrogen) atoms. The summed E-state index contributed by atoms with van der Waals surface area (Å²) < 4.78 is 125. The lowest BCUT2D eigenvalue weighted by molar-refractivity contribution is -0.114.